The number of likely N-dealkylation sites (tertiary alicyclic amines) is 1. The molecule has 1 aromatic rings. The first-order valence-corrected chi connectivity index (χ1v) is 9.63. The third-order valence-electron chi connectivity index (χ3n) is 5.74. The molecular formula is C20H32N4O. The standard InChI is InChI=1S/C20H32N4O/c1-17-6-3-4-7-18(17)16-23-12-14-24(15-13-23)20(25)21-10-9-19-8-5-11-22(19)2/h3-4,6-7,19H,5,8-16H2,1-2H3,(H,21,25)/t19-/m1/s1. The van der Waals surface area contributed by atoms with Crippen LogP contribution < -0.4 is 5.32 Å². The first-order valence-electron chi connectivity index (χ1n) is 9.63. The highest BCUT2D eigenvalue weighted by Crippen LogP contribution is 2.17. The highest BCUT2D eigenvalue weighted by molar-refractivity contribution is 5.74. The quantitative estimate of drug-likeness (QED) is 0.891. The maximum atomic E-state index is 12.4. The van der Waals surface area contributed by atoms with Gasteiger partial charge in [-0.3, -0.25) is 4.90 Å². The van der Waals surface area contributed by atoms with E-state index in [-0.39, 0.29) is 6.03 Å². The van der Waals surface area contributed by atoms with E-state index in [4.69, 9.17) is 0 Å². The minimum Gasteiger partial charge on any atom is -0.338 e. The van der Waals surface area contributed by atoms with E-state index < -0.39 is 0 Å². The van der Waals surface area contributed by atoms with Gasteiger partial charge in [-0.1, -0.05) is 24.3 Å². The summed E-state index contributed by atoms with van der Waals surface area (Å²) >= 11 is 0. The molecule has 0 bridgehead atoms. The van der Waals surface area contributed by atoms with Crippen molar-refractivity contribution in [2.24, 2.45) is 0 Å². The van der Waals surface area contributed by atoms with Crippen molar-refractivity contribution in [1.29, 1.82) is 0 Å². The van der Waals surface area contributed by atoms with E-state index in [1.807, 2.05) is 4.90 Å². The normalized spacial score (nSPS) is 22.3. The van der Waals surface area contributed by atoms with Crippen molar-refractivity contribution < 1.29 is 4.79 Å². The number of amides is 2. The molecule has 1 aromatic carbocycles. The van der Waals surface area contributed by atoms with Gasteiger partial charge in [-0.05, 0) is 50.9 Å². The molecule has 3 rings (SSSR count). The molecule has 2 aliphatic heterocycles. The number of aryl methyl sites for hydroxylation is 1. The number of nitrogens with one attached hydrogen (secondary N) is 1. The van der Waals surface area contributed by atoms with Gasteiger partial charge < -0.3 is 15.1 Å². The lowest BCUT2D eigenvalue weighted by Crippen LogP contribution is -2.51. The lowest BCUT2D eigenvalue weighted by molar-refractivity contribution is 0.134. The van der Waals surface area contributed by atoms with Gasteiger partial charge in [-0.15, -0.1) is 0 Å². The monoisotopic (exact) mass is 344 g/mol. The SMILES string of the molecule is Cc1ccccc1CN1CCN(C(=O)NCC[C@H]2CCCN2C)CC1. The summed E-state index contributed by atoms with van der Waals surface area (Å²) in [4.78, 5) is 19.2. The molecule has 2 amide bonds. The molecule has 0 spiro atoms. The number of urea groups is 1. The van der Waals surface area contributed by atoms with Gasteiger partial charge in [0, 0.05) is 45.3 Å². The molecule has 2 heterocycles. The Balaban J connectivity index is 1.36. The number of hydrogen-bond donors (Lipinski definition) is 1. The second kappa shape index (κ2) is 8.68. The number of benzene rings is 1. The predicted octanol–water partition coefficient (Wildman–Crippen LogP) is 2.31. The molecule has 0 aliphatic carbocycles. The largest absolute Gasteiger partial charge is 0.338 e. The van der Waals surface area contributed by atoms with Crippen molar-refractivity contribution >= 4 is 6.03 Å². The summed E-state index contributed by atoms with van der Waals surface area (Å²) in [5.74, 6) is 0. The lowest BCUT2D eigenvalue weighted by Gasteiger charge is -2.35. The number of carbonyl (C=O) groups excluding carboxylic acids is 1. The van der Waals surface area contributed by atoms with Crippen LogP contribution in [-0.4, -0.2) is 73.1 Å². The number of hydrogen-bond acceptors (Lipinski definition) is 3. The molecule has 2 fully saturated rings. The Hall–Kier alpha value is -1.59. The fourth-order valence-corrected chi connectivity index (χ4v) is 3.94. The molecule has 0 radical (unpaired) electrons. The van der Waals surface area contributed by atoms with E-state index in [1.54, 1.807) is 0 Å². The molecular weight excluding hydrogens is 312 g/mol. The van der Waals surface area contributed by atoms with Crippen molar-refractivity contribution in [2.75, 3.05) is 46.3 Å². The third kappa shape index (κ3) is 4.95. The molecule has 1 atom stereocenters. The van der Waals surface area contributed by atoms with Gasteiger partial charge in [0.25, 0.3) is 0 Å². The van der Waals surface area contributed by atoms with Crippen molar-refractivity contribution in [3.05, 3.63) is 35.4 Å². The summed E-state index contributed by atoms with van der Waals surface area (Å²) in [5.41, 5.74) is 2.74. The smallest absolute Gasteiger partial charge is 0.317 e. The Morgan fingerprint density at radius 1 is 1.16 bits per heavy atom. The van der Waals surface area contributed by atoms with Gasteiger partial charge in [-0.25, -0.2) is 4.79 Å². The third-order valence-corrected chi connectivity index (χ3v) is 5.74. The van der Waals surface area contributed by atoms with E-state index in [2.05, 4.69) is 53.4 Å². The molecule has 0 unspecified atom stereocenters. The van der Waals surface area contributed by atoms with Crippen molar-refractivity contribution in [3.8, 4) is 0 Å². The second-order valence-electron chi connectivity index (χ2n) is 7.49. The van der Waals surface area contributed by atoms with Crippen LogP contribution >= 0.6 is 0 Å². The van der Waals surface area contributed by atoms with Crippen LogP contribution in [0.2, 0.25) is 0 Å². The van der Waals surface area contributed by atoms with E-state index >= 15 is 0 Å². The summed E-state index contributed by atoms with van der Waals surface area (Å²) in [7, 11) is 2.19. The molecule has 1 N–H and O–H groups in total. The van der Waals surface area contributed by atoms with Crippen LogP contribution in [0.1, 0.15) is 30.4 Å². The first-order chi connectivity index (χ1) is 12.1. The fourth-order valence-electron chi connectivity index (χ4n) is 3.94. The van der Waals surface area contributed by atoms with Gasteiger partial charge in [0.05, 0.1) is 0 Å². The molecule has 2 saturated heterocycles. The predicted molar refractivity (Wildman–Crippen MR) is 102 cm³/mol. The number of piperazine rings is 1. The first kappa shape index (κ1) is 18.2. The topological polar surface area (TPSA) is 38.8 Å². The summed E-state index contributed by atoms with van der Waals surface area (Å²) in [6.45, 7) is 8.68. The highest BCUT2D eigenvalue weighted by Gasteiger charge is 2.23. The summed E-state index contributed by atoms with van der Waals surface area (Å²) in [5, 5.41) is 3.12. The number of rotatable bonds is 5. The van der Waals surface area contributed by atoms with Gasteiger partial charge in [-0.2, -0.15) is 0 Å². The Bertz CT molecular complexity index is 569. The van der Waals surface area contributed by atoms with Gasteiger partial charge in [0.2, 0.25) is 0 Å². The van der Waals surface area contributed by atoms with Crippen molar-refractivity contribution in [3.63, 3.8) is 0 Å². The molecule has 5 heteroatoms. The van der Waals surface area contributed by atoms with E-state index in [0.717, 1.165) is 45.7 Å². The zero-order valence-corrected chi connectivity index (χ0v) is 15.7. The average molecular weight is 345 g/mol. The van der Waals surface area contributed by atoms with Crippen LogP contribution in [0.4, 0.5) is 4.79 Å². The van der Waals surface area contributed by atoms with Crippen LogP contribution in [-0.2, 0) is 6.54 Å². The summed E-state index contributed by atoms with van der Waals surface area (Å²) in [6, 6.07) is 9.32. The van der Waals surface area contributed by atoms with Crippen LogP contribution in [0.25, 0.3) is 0 Å². The molecule has 0 saturated carbocycles. The zero-order valence-electron chi connectivity index (χ0n) is 15.7. The van der Waals surface area contributed by atoms with E-state index in [0.29, 0.717) is 6.04 Å². The summed E-state index contributed by atoms with van der Waals surface area (Å²) in [6.07, 6.45) is 3.62. The van der Waals surface area contributed by atoms with Gasteiger partial charge in [0.1, 0.15) is 0 Å². The molecule has 5 nitrogen and oxygen atoms in total. The van der Waals surface area contributed by atoms with Crippen LogP contribution in [0.15, 0.2) is 24.3 Å². The molecule has 138 valence electrons. The molecule has 2 aliphatic rings. The van der Waals surface area contributed by atoms with Crippen LogP contribution in [0.3, 0.4) is 0 Å². The summed E-state index contributed by atoms with van der Waals surface area (Å²) < 4.78 is 0. The minimum absolute atomic E-state index is 0.108. The Kier molecular flexibility index (Phi) is 6.32. The van der Waals surface area contributed by atoms with Crippen molar-refractivity contribution in [1.82, 2.24) is 20.0 Å². The second-order valence-corrected chi connectivity index (χ2v) is 7.49. The Morgan fingerprint density at radius 3 is 2.60 bits per heavy atom. The van der Waals surface area contributed by atoms with Crippen molar-refractivity contribution in [2.45, 2.75) is 38.8 Å². The minimum atomic E-state index is 0.108. The van der Waals surface area contributed by atoms with Crippen LogP contribution in [0.5, 0.6) is 0 Å². The Labute approximate surface area is 152 Å². The zero-order chi connectivity index (χ0) is 17.6. The number of carbonyl (C=O) groups is 1. The van der Waals surface area contributed by atoms with Gasteiger partial charge >= 0.3 is 6.03 Å². The number of nitrogens with zero attached hydrogens (tertiary/aromatic N) is 3. The van der Waals surface area contributed by atoms with E-state index in [1.165, 1.54) is 30.5 Å². The van der Waals surface area contributed by atoms with Gasteiger partial charge in [0.15, 0.2) is 0 Å². The fraction of sp³-hybridized carbons (Fsp3) is 0.650. The van der Waals surface area contributed by atoms with Crippen LogP contribution in [0, 0.1) is 6.92 Å². The molecule has 25 heavy (non-hydrogen) atoms. The molecule has 0 aromatic heterocycles. The maximum Gasteiger partial charge on any atom is 0.317 e. The Morgan fingerprint density at radius 2 is 1.92 bits per heavy atom. The maximum absolute atomic E-state index is 12.4. The highest BCUT2D eigenvalue weighted by atomic mass is 16.2. The lowest BCUT2D eigenvalue weighted by atomic mass is 10.1. The average Bonchev–Trinajstić information content (AvgIpc) is 3.02. The van der Waals surface area contributed by atoms with E-state index in [9.17, 15) is 4.79 Å².